The summed E-state index contributed by atoms with van der Waals surface area (Å²) in [5, 5.41) is 16.3. The third-order valence-electron chi connectivity index (χ3n) is 3.97. The first-order valence-electron chi connectivity index (χ1n) is 7.37. The maximum Gasteiger partial charge on any atom is 0.320 e. The maximum absolute atomic E-state index is 10.8. The molecule has 0 saturated heterocycles. The lowest BCUT2D eigenvalue weighted by Crippen LogP contribution is -2.32. The Morgan fingerprint density at radius 3 is 3.14 bits per heavy atom. The van der Waals surface area contributed by atoms with Crippen LogP contribution >= 0.6 is 0 Å². The Kier molecular flexibility index (Phi) is 4.22. The standard InChI is InChI=1S/C16H19N3O3/c17-14(16(20)21)9-12-7-11(19-22-12)8-15-13-4-2-1-3-10(13)5-6-18-15/h1-4,7,14-15,18H,5-6,8-9,17H2,(H,20,21)/t14-,15?/m0/s1. The molecule has 2 aromatic rings. The number of aliphatic carboxylic acids is 1. The summed E-state index contributed by atoms with van der Waals surface area (Å²) in [5.41, 5.74) is 8.97. The zero-order chi connectivity index (χ0) is 15.5. The Hall–Kier alpha value is -2.18. The minimum atomic E-state index is -1.04. The molecule has 0 aliphatic carbocycles. The van der Waals surface area contributed by atoms with E-state index in [2.05, 4.69) is 28.7 Å². The molecule has 6 nitrogen and oxygen atoms in total. The summed E-state index contributed by atoms with van der Waals surface area (Å²) in [6.07, 6.45) is 1.89. The number of hydrogen-bond donors (Lipinski definition) is 3. The lowest BCUT2D eigenvalue weighted by molar-refractivity contribution is -0.138. The summed E-state index contributed by atoms with van der Waals surface area (Å²) in [7, 11) is 0. The van der Waals surface area contributed by atoms with E-state index in [0.29, 0.717) is 12.2 Å². The molecule has 1 aromatic heterocycles. The molecule has 0 bridgehead atoms. The molecule has 2 heterocycles. The maximum atomic E-state index is 10.8. The van der Waals surface area contributed by atoms with E-state index in [-0.39, 0.29) is 12.5 Å². The lowest BCUT2D eigenvalue weighted by Gasteiger charge is -2.26. The van der Waals surface area contributed by atoms with Crippen LogP contribution in [0.3, 0.4) is 0 Å². The fourth-order valence-corrected chi connectivity index (χ4v) is 2.84. The summed E-state index contributed by atoms with van der Waals surface area (Å²) in [4.78, 5) is 10.8. The molecule has 116 valence electrons. The third kappa shape index (κ3) is 3.18. The van der Waals surface area contributed by atoms with Crippen molar-refractivity contribution in [3.8, 4) is 0 Å². The highest BCUT2D eigenvalue weighted by Gasteiger charge is 2.21. The fraction of sp³-hybridized carbons (Fsp3) is 0.375. The molecule has 0 spiro atoms. The molecule has 4 N–H and O–H groups in total. The van der Waals surface area contributed by atoms with E-state index in [1.165, 1.54) is 11.1 Å². The van der Waals surface area contributed by atoms with Gasteiger partial charge in [-0.2, -0.15) is 0 Å². The van der Waals surface area contributed by atoms with Gasteiger partial charge in [0.15, 0.2) is 0 Å². The topological polar surface area (TPSA) is 101 Å². The van der Waals surface area contributed by atoms with Crippen LogP contribution in [0.2, 0.25) is 0 Å². The average Bonchev–Trinajstić information content (AvgIpc) is 2.94. The van der Waals surface area contributed by atoms with Crippen molar-refractivity contribution in [1.82, 2.24) is 10.5 Å². The van der Waals surface area contributed by atoms with Gasteiger partial charge in [-0.1, -0.05) is 29.4 Å². The second-order valence-electron chi connectivity index (χ2n) is 5.59. The van der Waals surface area contributed by atoms with Gasteiger partial charge in [-0.25, -0.2) is 0 Å². The molecule has 1 aliphatic heterocycles. The average molecular weight is 301 g/mol. The number of hydrogen-bond acceptors (Lipinski definition) is 5. The largest absolute Gasteiger partial charge is 0.480 e. The fourth-order valence-electron chi connectivity index (χ4n) is 2.84. The minimum Gasteiger partial charge on any atom is -0.480 e. The second-order valence-corrected chi connectivity index (χ2v) is 5.59. The molecule has 0 amide bonds. The van der Waals surface area contributed by atoms with E-state index in [1.807, 2.05) is 6.07 Å². The van der Waals surface area contributed by atoms with Crippen LogP contribution in [0, 0.1) is 0 Å². The summed E-state index contributed by atoms with van der Waals surface area (Å²) >= 11 is 0. The Bertz CT molecular complexity index is 668. The number of nitrogens with two attached hydrogens (primary N) is 1. The summed E-state index contributed by atoms with van der Waals surface area (Å²) in [6.45, 7) is 0.941. The van der Waals surface area contributed by atoms with Crippen molar-refractivity contribution in [1.29, 1.82) is 0 Å². The number of aromatic nitrogens is 1. The van der Waals surface area contributed by atoms with Crippen molar-refractivity contribution >= 4 is 5.97 Å². The van der Waals surface area contributed by atoms with Crippen LogP contribution in [0.5, 0.6) is 0 Å². The molecule has 6 heteroatoms. The normalized spacial score (nSPS) is 18.7. The number of rotatable bonds is 5. The zero-order valence-corrected chi connectivity index (χ0v) is 12.2. The Balaban J connectivity index is 1.70. The second kappa shape index (κ2) is 6.29. The van der Waals surface area contributed by atoms with Crippen LogP contribution in [-0.4, -0.2) is 28.8 Å². The molecule has 0 fully saturated rings. The lowest BCUT2D eigenvalue weighted by atomic mass is 9.92. The summed E-state index contributed by atoms with van der Waals surface area (Å²) in [6, 6.07) is 9.42. The number of carboxylic acid groups (broad SMARTS) is 1. The molecule has 1 aliphatic rings. The molecular formula is C16H19N3O3. The van der Waals surface area contributed by atoms with Crippen molar-refractivity contribution < 1.29 is 14.4 Å². The molecule has 0 saturated carbocycles. The number of carboxylic acids is 1. The predicted octanol–water partition coefficient (Wildman–Crippen LogP) is 1.06. The van der Waals surface area contributed by atoms with Crippen LogP contribution in [0.1, 0.15) is 28.6 Å². The smallest absolute Gasteiger partial charge is 0.320 e. The van der Waals surface area contributed by atoms with Crippen LogP contribution in [-0.2, 0) is 24.1 Å². The first-order valence-corrected chi connectivity index (χ1v) is 7.37. The Morgan fingerprint density at radius 2 is 2.32 bits per heavy atom. The van der Waals surface area contributed by atoms with Crippen molar-refractivity contribution in [2.24, 2.45) is 5.73 Å². The van der Waals surface area contributed by atoms with Gasteiger partial charge >= 0.3 is 5.97 Å². The molecule has 3 rings (SSSR count). The zero-order valence-electron chi connectivity index (χ0n) is 12.2. The van der Waals surface area contributed by atoms with E-state index in [0.717, 1.165) is 18.7 Å². The monoisotopic (exact) mass is 301 g/mol. The van der Waals surface area contributed by atoms with Gasteiger partial charge in [-0.15, -0.1) is 0 Å². The van der Waals surface area contributed by atoms with Gasteiger partial charge in [-0.3, -0.25) is 4.79 Å². The van der Waals surface area contributed by atoms with Crippen LogP contribution < -0.4 is 11.1 Å². The molecule has 1 unspecified atom stereocenters. The number of nitrogens with one attached hydrogen (secondary N) is 1. The minimum absolute atomic E-state index is 0.150. The Labute approximate surface area is 128 Å². The van der Waals surface area contributed by atoms with E-state index >= 15 is 0 Å². The third-order valence-corrected chi connectivity index (χ3v) is 3.97. The van der Waals surface area contributed by atoms with Gasteiger partial charge < -0.3 is 20.7 Å². The van der Waals surface area contributed by atoms with Gasteiger partial charge in [-0.05, 0) is 24.1 Å². The van der Waals surface area contributed by atoms with Gasteiger partial charge in [0, 0.05) is 24.9 Å². The highest BCUT2D eigenvalue weighted by molar-refractivity contribution is 5.73. The number of benzene rings is 1. The highest BCUT2D eigenvalue weighted by Crippen LogP contribution is 2.25. The van der Waals surface area contributed by atoms with Crippen LogP contribution in [0.4, 0.5) is 0 Å². The molecule has 0 radical (unpaired) electrons. The van der Waals surface area contributed by atoms with Crippen LogP contribution in [0.15, 0.2) is 34.9 Å². The van der Waals surface area contributed by atoms with Crippen molar-refractivity contribution in [3.05, 3.63) is 52.9 Å². The summed E-state index contributed by atoms with van der Waals surface area (Å²) in [5.74, 6) is -0.533. The first-order chi connectivity index (χ1) is 10.6. The van der Waals surface area contributed by atoms with E-state index in [4.69, 9.17) is 15.4 Å². The van der Waals surface area contributed by atoms with Gasteiger partial charge in [0.2, 0.25) is 0 Å². The van der Waals surface area contributed by atoms with Crippen molar-refractivity contribution in [2.75, 3.05) is 6.54 Å². The molecule has 2 atom stereocenters. The predicted molar refractivity (Wildman–Crippen MR) is 80.4 cm³/mol. The van der Waals surface area contributed by atoms with Crippen molar-refractivity contribution in [3.63, 3.8) is 0 Å². The van der Waals surface area contributed by atoms with Gasteiger partial charge in [0.05, 0.1) is 5.69 Å². The Morgan fingerprint density at radius 1 is 1.50 bits per heavy atom. The van der Waals surface area contributed by atoms with Gasteiger partial charge in [0.1, 0.15) is 11.8 Å². The van der Waals surface area contributed by atoms with Gasteiger partial charge in [0.25, 0.3) is 0 Å². The number of fused-ring (bicyclic) bond motifs is 1. The van der Waals surface area contributed by atoms with Crippen LogP contribution in [0.25, 0.3) is 0 Å². The van der Waals surface area contributed by atoms with E-state index in [9.17, 15) is 4.79 Å². The van der Waals surface area contributed by atoms with Crippen molar-refractivity contribution in [2.45, 2.75) is 31.3 Å². The highest BCUT2D eigenvalue weighted by atomic mass is 16.5. The number of carbonyl (C=O) groups is 1. The van der Waals surface area contributed by atoms with E-state index < -0.39 is 12.0 Å². The summed E-state index contributed by atoms with van der Waals surface area (Å²) < 4.78 is 5.19. The van der Waals surface area contributed by atoms with E-state index in [1.54, 1.807) is 6.07 Å². The number of nitrogens with zero attached hydrogens (tertiary/aromatic N) is 1. The first kappa shape index (κ1) is 14.7. The molecular weight excluding hydrogens is 282 g/mol. The SMILES string of the molecule is N[C@@H](Cc1cc(CC2NCCc3ccccc32)no1)C(=O)O. The molecule has 1 aromatic carbocycles. The quantitative estimate of drug-likeness (QED) is 0.763. The molecule has 22 heavy (non-hydrogen) atoms.